The third-order valence-corrected chi connectivity index (χ3v) is 9.92. The maximum Gasteiger partial charge on any atom is 0.234 e. The topological polar surface area (TPSA) is 99.0 Å². The van der Waals surface area contributed by atoms with Gasteiger partial charge in [0, 0.05) is 21.4 Å². The van der Waals surface area contributed by atoms with E-state index in [-0.39, 0.29) is 24.1 Å². The second-order valence-electron chi connectivity index (χ2n) is 9.39. The summed E-state index contributed by atoms with van der Waals surface area (Å²) in [6.45, 7) is 0.228. The monoisotopic (exact) mass is 701 g/mol. The SMILES string of the molecule is O=C(CSc1nnc(COc2ccccc2)n1-c1ccccc1)Nc1ccc2nc(SCC(=O)c3ccc(Br)cc3)sc2c1. The van der Waals surface area contributed by atoms with Gasteiger partial charge in [-0.05, 0) is 54.6 Å². The van der Waals surface area contributed by atoms with Gasteiger partial charge in [-0.1, -0.05) is 88.0 Å². The van der Waals surface area contributed by atoms with Crippen LogP contribution in [0.3, 0.4) is 0 Å². The number of amides is 1. The largest absolute Gasteiger partial charge is 0.486 e. The summed E-state index contributed by atoms with van der Waals surface area (Å²) in [5.41, 5.74) is 3.05. The van der Waals surface area contributed by atoms with Crippen molar-refractivity contribution in [1.82, 2.24) is 19.7 Å². The molecule has 0 aliphatic rings. The number of aromatic nitrogens is 4. The number of rotatable bonds is 12. The first-order valence-electron chi connectivity index (χ1n) is 13.4. The number of Topliss-reactive ketones (excluding diaryl/α,β-unsaturated/α-hetero) is 1. The molecule has 0 bridgehead atoms. The zero-order chi connectivity index (χ0) is 30.3. The number of benzene rings is 4. The minimum atomic E-state index is -0.168. The van der Waals surface area contributed by atoms with E-state index in [1.54, 1.807) is 0 Å². The Morgan fingerprint density at radius 1 is 0.864 bits per heavy atom. The summed E-state index contributed by atoms with van der Waals surface area (Å²) in [5.74, 6) is 1.69. The Kier molecular flexibility index (Phi) is 9.71. The van der Waals surface area contributed by atoms with Crippen LogP contribution in [0, 0.1) is 0 Å². The van der Waals surface area contributed by atoms with Crippen molar-refractivity contribution in [2.24, 2.45) is 0 Å². The zero-order valence-electron chi connectivity index (χ0n) is 23.1. The predicted molar refractivity (Wildman–Crippen MR) is 180 cm³/mol. The Balaban J connectivity index is 1.08. The molecule has 8 nitrogen and oxygen atoms in total. The number of ketones is 1. The molecule has 0 spiro atoms. The van der Waals surface area contributed by atoms with Gasteiger partial charge in [0.2, 0.25) is 5.91 Å². The van der Waals surface area contributed by atoms with Gasteiger partial charge < -0.3 is 10.1 Å². The smallest absolute Gasteiger partial charge is 0.234 e. The summed E-state index contributed by atoms with van der Waals surface area (Å²) in [5, 5.41) is 12.3. The number of nitrogens with one attached hydrogen (secondary N) is 1. The quantitative estimate of drug-likeness (QED) is 0.102. The van der Waals surface area contributed by atoms with E-state index in [0.717, 1.165) is 30.5 Å². The Labute approximate surface area is 274 Å². The first-order valence-corrected chi connectivity index (χ1v) is 17.0. The highest BCUT2D eigenvalue weighted by molar-refractivity contribution is 9.10. The molecule has 1 N–H and O–H groups in total. The highest BCUT2D eigenvalue weighted by Gasteiger charge is 2.17. The van der Waals surface area contributed by atoms with Crippen LogP contribution in [0.2, 0.25) is 0 Å². The van der Waals surface area contributed by atoms with Crippen LogP contribution >= 0.6 is 50.8 Å². The first-order chi connectivity index (χ1) is 21.5. The van der Waals surface area contributed by atoms with Crippen molar-refractivity contribution in [3.05, 3.63) is 119 Å². The number of carbonyl (C=O) groups is 2. The van der Waals surface area contributed by atoms with Crippen LogP contribution in [-0.2, 0) is 11.4 Å². The number of ether oxygens (including phenoxy) is 1. The highest BCUT2D eigenvalue weighted by atomic mass is 79.9. The predicted octanol–water partition coefficient (Wildman–Crippen LogP) is 7.92. The summed E-state index contributed by atoms with van der Waals surface area (Å²) >= 11 is 7.60. The van der Waals surface area contributed by atoms with E-state index < -0.39 is 0 Å². The average molecular weight is 703 g/mol. The molecule has 0 unspecified atom stereocenters. The standard InChI is InChI=1S/C32H24BrN5O3S3/c33-22-13-11-21(12-14-22)27(39)19-43-32-35-26-16-15-23(17-28(26)44-32)34-30(40)20-42-31-37-36-29(18-41-25-9-5-2-6-10-25)38(31)24-7-3-1-4-8-24/h1-17H,18-20H2,(H,34,40). The Bertz CT molecular complexity index is 1900. The number of para-hydroxylation sites is 2. The molecule has 1 amide bonds. The normalized spacial score (nSPS) is 11.0. The molecule has 12 heteroatoms. The first kappa shape index (κ1) is 30.1. The summed E-state index contributed by atoms with van der Waals surface area (Å²) in [7, 11) is 0. The van der Waals surface area contributed by atoms with E-state index in [0.29, 0.717) is 28.0 Å². The fourth-order valence-corrected chi connectivity index (χ4v) is 7.24. The fourth-order valence-electron chi connectivity index (χ4n) is 4.20. The molecule has 2 aromatic heterocycles. The number of fused-ring (bicyclic) bond motifs is 1. The van der Waals surface area contributed by atoms with Crippen LogP contribution in [0.4, 0.5) is 5.69 Å². The molecule has 2 heterocycles. The van der Waals surface area contributed by atoms with E-state index in [9.17, 15) is 9.59 Å². The number of anilines is 1. The number of hydrogen-bond acceptors (Lipinski definition) is 9. The number of carbonyl (C=O) groups excluding carboxylic acids is 2. The summed E-state index contributed by atoms with van der Waals surface area (Å²) in [6, 6.07) is 32.2. The molecule has 0 radical (unpaired) electrons. The fraction of sp³-hybridized carbons (Fsp3) is 0.0938. The number of thiazole rings is 1. The number of halogens is 1. The number of thioether (sulfide) groups is 2. The minimum Gasteiger partial charge on any atom is -0.486 e. The third kappa shape index (κ3) is 7.56. The van der Waals surface area contributed by atoms with Crippen molar-refractivity contribution in [1.29, 1.82) is 0 Å². The summed E-state index contributed by atoms with van der Waals surface area (Å²) in [6.07, 6.45) is 0. The second-order valence-corrected chi connectivity index (χ2v) is 13.5. The second kappa shape index (κ2) is 14.2. The van der Waals surface area contributed by atoms with Gasteiger partial charge in [-0.3, -0.25) is 14.2 Å². The van der Waals surface area contributed by atoms with Gasteiger partial charge in [-0.25, -0.2) is 4.98 Å². The van der Waals surface area contributed by atoms with Gasteiger partial charge in [-0.15, -0.1) is 21.5 Å². The molecule has 220 valence electrons. The maximum absolute atomic E-state index is 13.0. The minimum absolute atomic E-state index is 0.0474. The molecule has 4 aromatic carbocycles. The molecule has 6 aromatic rings. The van der Waals surface area contributed by atoms with Gasteiger partial charge in [-0.2, -0.15) is 0 Å². The van der Waals surface area contributed by atoms with Crippen molar-refractivity contribution < 1.29 is 14.3 Å². The lowest BCUT2D eigenvalue weighted by Crippen LogP contribution is -2.14. The lowest BCUT2D eigenvalue weighted by molar-refractivity contribution is -0.113. The van der Waals surface area contributed by atoms with Crippen molar-refractivity contribution in [3.8, 4) is 11.4 Å². The lowest BCUT2D eigenvalue weighted by Gasteiger charge is -2.11. The van der Waals surface area contributed by atoms with Crippen LogP contribution < -0.4 is 10.1 Å². The van der Waals surface area contributed by atoms with Gasteiger partial charge >= 0.3 is 0 Å². The van der Waals surface area contributed by atoms with E-state index in [2.05, 4.69) is 36.4 Å². The Hall–Kier alpha value is -3.97. The average Bonchev–Trinajstić information content (AvgIpc) is 3.66. The van der Waals surface area contributed by atoms with E-state index in [1.807, 2.05) is 108 Å². The number of hydrogen-bond donors (Lipinski definition) is 1. The van der Waals surface area contributed by atoms with Crippen molar-refractivity contribution in [2.75, 3.05) is 16.8 Å². The van der Waals surface area contributed by atoms with Gasteiger partial charge in [0.15, 0.2) is 21.1 Å². The molecule has 0 fully saturated rings. The molecular weight excluding hydrogens is 678 g/mol. The lowest BCUT2D eigenvalue weighted by atomic mass is 10.2. The van der Waals surface area contributed by atoms with Crippen molar-refractivity contribution >= 4 is 78.4 Å². The molecule has 0 aliphatic heterocycles. The molecule has 44 heavy (non-hydrogen) atoms. The summed E-state index contributed by atoms with van der Waals surface area (Å²) < 4.78 is 10.5. The zero-order valence-corrected chi connectivity index (χ0v) is 27.1. The maximum atomic E-state index is 13.0. The Morgan fingerprint density at radius 3 is 2.39 bits per heavy atom. The third-order valence-electron chi connectivity index (χ3n) is 6.30. The molecule has 0 atom stereocenters. The highest BCUT2D eigenvalue weighted by Crippen LogP contribution is 2.32. The van der Waals surface area contributed by atoms with E-state index in [4.69, 9.17) is 4.74 Å². The molecule has 6 rings (SSSR count). The molecule has 0 aliphatic carbocycles. The van der Waals surface area contributed by atoms with Crippen LogP contribution in [0.1, 0.15) is 16.2 Å². The van der Waals surface area contributed by atoms with Crippen LogP contribution in [-0.4, -0.2) is 42.9 Å². The molecular formula is C32H24BrN5O3S3. The van der Waals surface area contributed by atoms with Crippen molar-refractivity contribution in [2.45, 2.75) is 16.1 Å². The molecule has 0 saturated heterocycles. The van der Waals surface area contributed by atoms with Gasteiger partial charge in [0.25, 0.3) is 0 Å². The van der Waals surface area contributed by atoms with Crippen LogP contribution in [0.5, 0.6) is 5.75 Å². The van der Waals surface area contributed by atoms with Gasteiger partial charge in [0.05, 0.1) is 21.7 Å². The van der Waals surface area contributed by atoms with Crippen molar-refractivity contribution in [3.63, 3.8) is 0 Å². The van der Waals surface area contributed by atoms with E-state index in [1.165, 1.54) is 34.9 Å². The Morgan fingerprint density at radius 2 is 1.61 bits per heavy atom. The van der Waals surface area contributed by atoms with Crippen LogP contribution in [0.15, 0.2) is 117 Å². The molecule has 0 saturated carbocycles. The number of nitrogens with zero attached hydrogens (tertiary/aromatic N) is 4. The summed E-state index contributed by atoms with van der Waals surface area (Å²) in [4.78, 5) is 30.1. The van der Waals surface area contributed by atoms with E-state index >= 15 is 0 Å². The van der Waals surface area contributed by atoms with Gasteiger partial charge in [0.1, 0.15) is 12.4 Å². The van der Waals surface area contributed by atoms with Crippen LogP contribution in [0.25, 0.3) is 15.9 Å².